The molecule has 6 heteroatoms. The number of cyclic esters (lactones) is 1. The molecule has 1 aromatic carbocycles. The van der Waals surface area contributed by atoms with Crippen LogP contribution in [0.15, 0.2) is 23.1 Å². The summed E-state index contributed by atoms with van der Waals surface area (Å²) in [7, 11) is 1.49. The van der Waals surface area contributed by atoms with Crippen molar-refractivity contribution in [1.82, 2.24) is 0 Å². The molecule has 1 aliphatic heterocycles. The summed E-state index contributed by atoms with van der Waals surface area (Å²) in [6.45, 7) is 0.291. The van der Waals surface area contributed by atoms with E-state index in [-0.39, 0.29) is 0 Å². The van der Waals surface area contributed by atoms with Gasteiger partial charge in [0.05, 0.1) is 13.7 Å². The van der Waals surface area contributed by atoms with Gasteiger partial charge in [0, 0.05) is 11.3 Å². The molecule has 0 spiro atoms. The molecule has 19 heavy (non-hydrogen) atoms. The number of carbonyl (C=O) groups is 2. The first kappa shape index (κ1) is 13.7. The van der Waals surface area contributed by atoms with Crippen LogP contribution in [0.4, 0.5) is 0 Å². The highest BCUT2D eigenvalue weighted by Crippen LogP contribution is 2.26. The number of benzene rings is 1. The third-order valence-electron chi connectivity index (χ3n) is 2.77. The molecule has 0 N–H and O–H groups in total. The maximum Gasteiger partial charge on any atom is 0.347 e. The molecule has 1 fully saturated rings. The van der Waals surface area contributed by atoms with Crippen molar-refractivity contribution in [1.29, 1.82) is 0 Å². The van der Waals surface area contributed by atoms with E-state index in [1.54, 1.807) is 30.0 Å². The minimum atomic E-state index is -0.808. The van der Waals surface area contributed by atoms with Gasteiger partial charge in [-0.05, 0) is 24.5 Å². The van der Waals surface area contributed by atoms with Crippen molar-refractivity contribution in [3.05, 3.63) is 23.8 Å². The monoisotopic (exact) mass is 282 g/mol. The predicted octanol–water partition coefficient (Wildman–Crippen LogP) is 1.89. The van der Waals surface area contributed by atoms with Crippen LogP contribution in [0.2, 0.25) is 0 Å². The normalized spacial score (nSPS) is 18.0. The van der Waals surface area contributed by atoms with Crippen molar-refractivity contribution < 1.29 is 23.8 Å². The second-order valence-corrected chi connectivity index (χ2v) is 4.80. The molecule has 1 heterocycles. The Hall–Kier alpha value is -1.69. The minimum absolute atomic E-state index is 0.291. The lowest BCUT2D eigenvalue weighted by Crippen LogP contribution is -2.23. The largest absolute Gasteiger partial charge is 0.496 e. The zero-order valence-corrected chi connectivity index (χ0v) is 11.5. The maximum absolute atomic E-state index is 12.0. The van der Waals surface area contributed by atoms with Crippen molar-refractivity contribution in [2.24, 2.45) is 0 Å². The van der Waals surface area contributed by atoms with E-state index in [0.29, 0.717) is 24.3 Å². The molecule has 2 rings (SSSR count). The van der Waals surface area contributed by atoms with Crippen molar-refractivity contribution in [2.45, 2.75) is 17.4 Å². The summed E-state index contributed by atoms with van der Waals surface area (Å²) in [4.78, 5) is 24.3. The van der Waals surface area contributed by atoms with Crippen LogP contribution in [0, 0.1) is 0 Å². The SMILES string of the molecule is COc1cc(SC)ccc1C(=O)O[C@@H]1CCOC1=O. The van der Waals surface area contributed by atoms with Gasteiger partial charge in [-0.25, -0.2) is 9.59 Å². The van der Waals surface area contributed by atoms with Gasteiger partial charge in [-0.2, -0.15) is 0 Å². The van der Waals surface area contributed by atoms with E-state index >= 15 is 0 Å². The smallest absolute Gasteiger partial charge is 0.347 e. The maximum atomic E-state index is 12.0. The van der Waals surface area contributed by atoms with E-state index < -0.39 is 18.0 Å². The number of methoxy groups -OCH3 is 1. The standard InChI is InChI=1S/C13H14O5S/c1-16-11-7-8(19-2)3-4-9(11)12(14)18-10-5-6-17-13(10)15/h3-4,7,10H,5-6H2,1-2H3/t10-/m1/s1. The van der Waals surface area contributed by atoms with Crippen molar-refractivity contribution in [3.63, 3.8) is 0 Å². The fourth-order valence-corrected chi connectivity index (χ4v) is 2.17. The lowest BCUT2D eigenvalue weighted by atomic mass is 10.2. The highest BCUT2D eigenvalue weighted by Gasteiger charge is 2.31. The Kier molecular flexibility index (Phi) is 4.31. The van der Waals surface area contributed by atoms with Gasteiger partial charge in [-0.3, -0.25) is 0 Å². The first-order valence-corrected chi connectivity index (χ1v) is 6.98. The molecule has 1 atom stereocenters. The molecule has 0 aromatic heterocycles. The molecular formula is C13H14O5S. The summed E-state index contributed by atoms with van der Waals surface area (Å²) >= 11 is 1.55. The van der Waals surface area contributed by atoms with Gasteiger partial charge in [0.15, 0.2) is 0 Å². The Morgan fingerprint density at radius 2 is 2.26 bits per heavy atom. The van der Waals surface area contributed by atoms with Crippen molar-refractivity contribution >= 4 is 23.7 Å². The van der Waals surface area contributed by atoms with Crippen LogP contribution in [-0.4, -0.2) is 38.0 Å². The molecule has 1 aliphatic rings. The lowest BCUT2D eigenvalue weighted by molar-refractivity contribution is -0.145. The predicted molar refractivity (Wildman–Crippen MR) is 69.6 cm³/mol. The fraction of sp³-hybridized carbons (Fsp3) is 0.385. The summed E-state index contributed by atoms with van der Waals surface area (Å²) < 4.78 is 15.0. The summed E-state index contributed by atoms with van der Waals surface area (Å²) in [6.07, 6.45) is 1.52. The van der Waals surface area contributed by atoms with Gasteiger partial charge in [0.1, 0.15) is 11.3 Å². The second-order valence-electron chi connectivity index (χ2n) is 3.92. The van der Waals surface area contributed by atoms with Gasteiger partial charge < -0.3 is 14.2 Å². The van der Waals surface area contributed by atoms with E-state index in [1.807, 2.05) is 6.26 Å². The average Bonchev–Trinajstić information content (AvgIpc) is 2.83. The molecule has 1 saturated heterocycles. The summed E-state index contributed by atoms with van der Waals surface area (Å²) in [5.41, 5.74) is 0.306. The molecule has 0 saturated carbocycles. The third-order valence-corrected chi connectivity index (χ3v) is 3.49. The molecule has 0 amide bonds. The van der Waals surface area contributed by atoms with E-state index in [9.17, 15) is 9.59 Å². The Bertz CT molecular complexity index is 500. The number of hydrogen-bond acceptors (Lipinski definition) is 6. The zero-order chi connectivity index (χ0) is 13.8. The Labute approximate surface area is 115 Å². The Balaban J connectivity index is 2.16. The highest BCUT2D eigenvalue weighted by atomic mass is 32.2. The first-order chi connectivity index (χ1) is 9.15. The van der Waals surface area contributed by atoms with Crippen LogP contribution in [0.25, 0.3) is 0 Å². The van der Waals surface area contributed by atoms with E-state index in [4.69, 9.17) is 14.2 Å². The van der Waals surface area contributed by atoms with Gasteiger partial charge in [-0.1, -0.05) is 0 Å². The molecule has 102 valence electrons. The van der Waals surface area contributed by atoms with Crippen LogP contribution in [-0.2, 0) is 14.3 Å². The van der Waals surface area contributed by atoms with Crippen LogP contribution in [0.1, 0.15) is 16.8 Å². The number of rotatable bonds is 4. The summed E-state index contributed by atoms with van der Waals surface area (Å²) in [6, 6.07) is 5.19. The molecule has 5 nitrogen and oxygen atoms in total. The number of hydrogen-bond donors (Lipinski definition) is 0. The zero-order valence-electron chi connectivity index (χ0n) is 10.7. The van der Waals surface area contributed by atoms with Crippen molar-refractivity contribution in [2.75, 3.05) is 20.0 Å². The first-order valence-electron chi connectivity index (χ1n) is 5.75. The topological polar surface area (TPSA) is 61.8 Å². The molecule has 0 radical (unpaired) electrons. The number of thioether (sulfide) groups is 1. The van der Waals surface area contributed by atoms with Crippen LogP contribution in [0.5, 0.6) is 5.75 Å². The Morgan fingerprint density at radius 1 is 1.47 bits per heavy atom. The third kappa shape index (κ3) is 3.01. The number of ether oxygens (including phenoxy) is 3. The van der Waals surface area contributed by atoms with Gasteiger partial charge >= 0.3 is 11.9 Å². The van der Waals surface area contributed by atoms with Gasteiger partial charge in [-0.15, -0.1) is 11.8 Å². The van der Waals surface area contributed by atoms with Crippen molar-refractivity contribution in [3.8, 4) is 5.75 Å². The molecule has 0 bridgehead atoms. The van der Waals surface area contributed by atoms with Crippen LogP contribution in [0.3, 0.4) is 0 Å². The van der Waals surface area contributed by atoms with E-state index in [2.05, 4.69) is 0 Å². The molecule has 1 aromatic rings. The number of esters is 2. The van der Waals surface area contributed by atoms with E-state index in [1.165, 1.54) is 7.11 Å². The van der Waals surface area contributed by atoms with Gasteiger partial charge in [0.25, 0.3) is 0 Å². The minimum Gasteiger partial charge on any atom is -0.496 e. The molecule has 0 unspecified atom stereocenters. The number of carbonyl (C=O) groups excluding carboxylic acids is 2. The van der Waals surface area contributed by atoms with Crippen LogP contribution < -0.4 is 4.74 Å². The molecular weight excluding hydrogens is 268 g/mol. The van der Waals surface area contributed by atoms with Gasteiger partial charge in [0.2, 0.25) is 6.10 Å². The Morgan fingerprint density at radius 3 is 2.84 bits per heavy atom. The van der Waals surface area contributed by atoms with E-state index in [0.717, 1.165) is 4.90 Å². The summed E-state index contributed by atoms with van der Waals surface area (Å²) in [5.74, 6) is -0.635. The van der Waals surface area contributed by atoms with Crippen LogP contribution >= 0.6 is 11.8 Å². The molecule has 0 aliphatic carbocycles. The second kappa shape index (κ2) is 5.97. The average molecular weight is 282 g/mol. The highest BCUT2D eigenvalue weighted by molar-refractivity contribution is 7.98. The lowest BCUT2D eigenvalue weighted by Gasteiger charge is -2.11. The summed E-state index contributed by atoms with van der Waals surface area (Å²) in [5, 5.41) is 0. The fourth-order valence-electron chi connectivity index (χ4n) is 1.74. The quantitative estimate of drug-likeness (QED) is 0.621.